The average molecular weight is 301 g/mol. The molecule has 0 unspecified atom stereocenters. The van der Waals surface area contributed by atoms with Gasteiger partial charge in [-0.2, -0.15) is 0 Å². The number of aliphatic carboxylic acids is 1. The Morgan fingerprint density at radius 2 is 2.10 bits per heavy atom. The van der Waals surface area contributed by atoms with E-state index in [1.807, 2.05) is 13.8 Å². The second-order valence-corrected chi connectivity index (χ2v) is 5.65. The van der Waals surface area contributed by atoms with Gasteiger partial charge in [-0.1, -0.05) is 25.4 Å². The second-order valence-electron chi connectivity index (χ2n) is 5.25. The molecule has 1 N–H and O–H groups in total. The van der Waals surface area contributed by atoms with Gasteiger partial charge in [0.1, 0.15) is 19.0 Å². The number of hydrogen-bond donors (Lipinski definition) is 1. The third-order valence-electron chi connectivity index (χ3n) is 3.21. The van der Waals surface area contributed by atoms with Crippen molar-refractivity contribution in [3.05, 3.63) is 16.7 Å². The molecule has 1 aliphatic rings. The van der Waals surface area contributed by atoms with Crippen LogP contribution in [0.2, 0.25) is 5.02 Å². The van der Waals surface area contributed by atoms with Crippen LogP contribution in [0.15, 0.2) is 6.07 Å². The number of methoxy groups -OCH3 is 1. The highest BCUT2D eigenvalue weighted by atomic mass is 35.5. The van der Waals surface area contributed by atoms with Crippen molar-refractivity contribution in [2.75, 3.05) is 20.3 Å². The van der Waals surface area contributed by atoms with Crippen LogP contribution in [0.5, 0.6) is 17.2 Å². The highest BCUT2D eigenvalue weighted by Gasteiger charge is 2.35. The fourth-order valence-electron chi connectivity index (χ4n) is 2.42. The van der Waals surface area contributed by atoms with E-state index in [-0.39, 0.29) is 6.42 Å². The molecule has 0 spiro atoms. The van der Waals surface area contributed by atoms with E-state index in [4.69, 9.17) is 30.9 Å². The van der Waals surface area contributed by atoms with Crippen molar-refractivity contribution in [1.82, 2.24) is 0 Å². The lowest BCUT2D eigenvalue weighted by molar-refractivity contribution is -0.138. The van der Waals surface area contributed by atoms with Crippen molar-refractivity contribution >= 4 is 17.6 Å². The fourth-order valence-corrected chi connectivity index (χ4v) is 2.69. The highest BCUT2D eigenvalue weighted by molar-refractivity contribution is 6.32. The molecule has 0 radical (unpaired) electrons. The number of carboxylic acid groups (broad SMARTS) is 1. The van der Waals surface area contributed by atoms with Crippen LogP contribution in [0.25, 0.3) is 0 Å². The van der Waals surface area contributed by atoms with Crippen LogP contribution in [0, 0.1) is 0 Å². The minimum Gasteiger partial charge on any atom is -0.495 e. The molecule has 1 heterocycles. The molecule has 0 fully saturated rings. The zero-order valence-electron chi connectivity index (χ0n) is 11.7. The quantitative estimate of drug-likeness (QED) is 0.926. The van der Waals surface area contributed by atoms with Crippen LogP contribution in [-0.4, -0.2) is 31.4 Å². The number of rotatable bonds is 4. The van der Waals surface area contributed by atoms with E-state index in [1.165, 1.54) is 7.11 Å². The number of carboxylic acids is 1. The Labute approximate surface area is 122 Å². The first kappa shape index (κ1) is 14.8. The number of ether oxygens (including phenoxy) is 3. The molecule has 0 saturated carbocycles. The summed E-state index contributed by atoms with van der Waals surface area (Å²) >= 11 is 6.20. The molecule has 2 rings (SSSR count). The second kappa shape index (κ2) is 5.40. The lowest BCUT2D eigenvalue weighted by Crippen LogP contribution is -2.26. The summed E-state index contributed by atoms with van der Waals surface area (Å²) in [4.78, 5) is 11.1. The van der Waals surface area contributed by atoms with Gasteiger partial charge in [-0.15, -0.1) is 0 Å². The maximum Gasteiger partial charge on any atom is 0.304 e. The lowest BCUT2D eigenvalue weighted by Gasteiger charge is -2.31. The molecule has 0 aromatic heterocycles. The van der Waals surface area contributed by atoms with E-state index in [1.54, 1.807) is 6.07 Å². The number of benzene rings is 1. The van der Waals surface area contributed by atoms with Crippen LogP contribution in [0.3, 0.4) is 0 Å². The summed E-state index contributed by atoms with van der Waals surface area (Å²) in [6.07, 6.45) is -0.0699. The van der Waals surface area contributed by atoms with E-state index in [2.05, 4.69) is 0 Å². The molecular weight excluding hydrogens is 284 g/mol. The first-order valence-electron chi connectivity index (χ1n) is 6.25. The van der Waals surface area contributed by atoms with Crippen molar-refractivity contribution in [1.29, 1.82) is 0 Å². The number of halogens is 1. The molecule has 0 amide bonds. The topological polar surface area (TPSA) is 65.0 Å². The standard InChI is InChI=1S/C14H17ClO5/c1-14(2,7-10(16)17)11-12(18-3)8(15)6-9-13(11)20-5-4-19-9/h6H,4-5,7H2,1-3H3,(H,16,17). The Morgan fingerprint density at radius 3 is 2.70 bits per heavy atom. The molecule has 0 saturated heterocycles. The van der Waals surface area contributed by atoms with Crippen LogP contribution in [-0.2, 0) is 10.2 Å². The van der Waals surface area contributed by atoms with Crippen molar-refractivity contribution < 1.29 is 24.1 Å². The van der Waals surface area contributed by atoms with Gasteiger partial charge in [0.25, 0.3) is 0 Å². The third-order valence-corrected chi connectivity index (χ3v) is 3.49. The van der Waals surface area contributed by atoms with Crippen LogP contribution in [0.4, 0.5) is 0 Å². The van der Waals surface area contributed by atoms with Crippen molar-refractivity contribution in [3.63, 3.8) is 0 Å². The largest absolute Gasteiger partial charge is 0.495 e. The summed E-state index contributed by atoms with van der Waals surface area (Å²) in [6, 6.07) is 1.63. The van der Waals surface area contributed by atoms with Crippen molar-refractivity contribution in [2.24, 2.45) is 0 Å². The lowest BCUT2D eigenvalue weighted by atomic mass is 9.80. The number of fused-ring (bicyclic) bond motifs is 1. The zero-order chi connectivity index (χ0) is 14.9. The van der Waals surface area contributed by atoms with Gasteiger partial charge in [-0.05, 0) is 0 Å². The van der Waals surface area contributed by atoms with Gasteiger partial charge < -0.3 is 19.3 Å². The van der Waals surface area contributed by atoms with E-state index >= 15 is 0 Å². The van der Waals surface area contributed by atoms with E-state index in [0.29, 0.717) is 41.0 Å². The molecule has 0 bridgehead atoms. The predicted molar refractivity (Wildman–Crippen MR) is 74.3 cm³/mol. The van der Waals surface area contributed by atoms with Gasteiger partial charge in [0, 0.05) is 17.0 Å². The monoisotopic (exact) mass is 300 g/mol. The Kier molecular flexibility index (Phi) is 3.99. The molecule has 6 heteroatoms. The normalized spacial score (nSPS) is 14.0. The fraction of sp³-hybridized carbons (Fsp3) is 0.500. The molecule has 1 aliphatic heterocycles. The summed E-state index contributed by atoms with van der Waals surface area (Å²) in [7, 11) is 1.50. The van der Waals surface area contributed by atoms with Gasteiger partial charge in [-0.25, -0.2) is 0 Å². The summed E-state index contributed by atoms with van der Waals surface area (Å²) in [5.41, 5.74) is -0.0723. The molecular formula is C14H17ClO5. The summed E-state index contributed by atoms with van der Waals surface area (Å²) in [5.74, 6) is 0.573. The number of carbonyl (C=O) groups is 1. The number of hydrogen-bond acceptors (Lipinski definition) is 4. The van der Waals surface area contributed by atoms with Gasteiger partial charge in [0.2, 0.25) is 0 Å². The Bertz CT molecular complexity index is 539. The van der Waals surface area contributed by atoms with E-state index in [9.17, 15) is 4.79 Å². The molecule has 0 aliphatic carbocycles. The average Bonchev–Trinajstić information content (AvgIpc) is 2.35. The zero-order valence-corrected chi connectivity index (χ0v) is 12.4. The van der Waals surface area contributed by atoms with Gasteiger partial charge in [-0.3, -0.25) is 4.79 Å². The molecule has 0 atom stereocenters. The maximum atomic E-state index is 11.1. The summed E-state index contributed by atoms with van der Waals surface area (Å²) in [5, 5.41) is 9.48. The van der Waals surface area contributed by atoms with Crippen LogP contribution < -0.4 is 14.2 Å². The SMILES string of the molecule is COc1c(Cl)cc2c(c1C(C)(C)CC(=O)O)OCCO2. The van der Waals surface area contributed by atoms with E-state index < -0.39 is 11.4 Å². The first-order chi connectivity index (χ1) is 9.36. The summed E-state index contributed by atoms with van der Waals surface area (Å²) in [6.45, 7) is 4.48. The first-order valence-corrected chi connectivity index (χ1v) is 6.63. The Hall–Kier alpha value is -1.62. The smallest absolute Gasteiger partial charge is 0.304 e. The molecule has 110 valence electrons. The summed E-state index contributed by atoms with van der Waals surface area (Å²) < 4.78 is 16.5. The Morgan fingerprint density at radius 1 is 1.45 bits per heavy atom. The molecule has 20 heavy (non-hydrogen) atoms. The molecule has 1 aromatic carbocycles. The van der Waals surface area contributed by atoms with Crippen molar-refractivity contribution in [3.8, 4) is 17.2 Å². The van der Waals surface area contributed by atoms with Gasteiger partial charge in [0.05, 0.1) is 18.6 Å². The van der Waals surface area contributed by atoms with Gasteiger partial charge >= 0.3 is 5.97 Å². The third kappa shape index (κ3) is 2.63. The maximum absolute atomic E-state index is 11.1. The highest BCUT2D eigenvalue weighted by Crippen LogP contribution is 2.50. The Balaban J connectivity index is 2.65. The van der Waals surface area contributed by atoms with Crippen molar-refractivity contribution in [2.45, 2.75) is 25.7 Å². The molecule has 1 aromatic rings. The minimum atomic E-state index is -0.900. The van der Waals surface area contributed by atoms with Crippen LogP contribution in [0.1, 0.15) is 25.8 Å². The molecule has 5 nitrogen and oxygen atoms in total. The van der Waals surface area contributed by atoms with E-state index in [0.717, 1.165) is 0 Å². The van der Waals surface area contributed by atoms with Gasteiger partial charge in [0.15, 0.2) is 11.5 Å². The predicted octanol–water partition coefficient (Wildman–Crippen LogP) is 2.87. The minimum absolute atomic E-state index is 0.0699. The van der Waals surface area contributed by atoms with Crippen LogP contribution >= 0.6 is 11.6 Å².